The highest BCUT2D eigenvalue weighted by atomic mass is 16.6. The van der Waals surface area contributed by atoms with Gasteiger partial charge in [0, 0.05) is 18.2 Å². The first-order valence-electron chi connectivity index (χ1n) is 6.27. The maximum Gasteiger partial charge on any atom is 0.311 e. The molecule has 1 aromatic rings. The largest absolute Gasteiger partial charge is 0.481 e. The van der Waals surface area contributed by atoms with Gasteiger partial charge in [-0.05, 0) is 25.5 Å². The second-order valence-corrected chi connectivity index (χ2v) is 4.93. The highest BCUT2D eigenvalue weighted by molar-refractivity contribution is 5.94. The zero-order valence-electron chi connectivity index (χ0n) is 11.8. The molecule has 1 aromatic carbocycles. The number of primary amides is 1. The molecule has 0 heterocycles. The van der Waals surface area contributed by atoms with Crippen LogP contribution in [0.2, 0.25) is 0 Å². The van der Waals surface area contributed by atoms with Crippen LogP contribution >= 0.6 is 0 Å². The van der Waals surface area contributed by atoms with Gasteiger partial charge in [0.05, 0.1) is 10.3 Å². The lowest BCUT2D eigenvalue weighted by Gasteiger charge is -2.23. The van der Waals surface area contributed by atoms with Gasteiger partial charge < -0.3 is 16.2 Å². The van der Waals surface area contributed by atoms with Gasteiger partial charge in [0.1, 0.15) is 5.69 Å². The molecule has 0 saturated heterocycles. The van der Waals surface area contributed by atoms with E-state index >= 15 is 0 Å². The van der Waals surface area contributed by atoms with Crippen molar-refractivity contribution in [3.05, 3.63) is 33.9 Å². The number of nitro groups is 1. The summed E-state index contributed by atoms with van der Waals surface area (Å²) in [7, 11) is 0. The molecule has 0 bridgehead atoms. The van der Waals surface area contributed by atoms with Crippen molar-refractivity contribution in [2.75, 3.05) is 11.9 Å². The third kappa shape index (κ3) is 3.68. The number of hydrogen-bond donors (Lipinski definition) is 3. The van der Waals surface area contributed by atoms with Crippen molar-refractivity contribution in [1.29, 1.82) is 0 Å². The van der Waals surface area contributed by atoms with Gasteiger partial charge in [-0.3, -0.25) is 19.7 Å². The molecule has 4 N–H and O–H groups in total. The molecule has 1 unspecified atom stereocenters. The Balaban J connectivity index is 3.10. The number of benzene rings is 1. The summed E-state index contributed by atoms with van der Waals surface area (Å²) < 4.78 is 0. The predicted molar refractivity (Wildman–Crippen MR) is 76.1 cm³/mol. The van der Waals surface area contributed by atoms with Gasteiger partial charge in [0.25, 0.3) is 5.69 Å². The van der Waals surface area contributed by atoms with E-state index in [2.05, 4.69) is 5.32 Å². The first-order chi connectivity index (χ1) is 9.71. The highest BCUT2D eigenvalue weighted by Gasteiger charge is 2.31. The number of anilines is 1. The standard InChI is InChI=1S/C13H17N3O5/c1-3-13(2,12(18)19)7-15-9-6-8(11(14)17)4-5-10(9)16(20)21/h4-6,15H,3,7H2,1-2H3,(H2,14,17)(H,18,19). The Hall–Kier alpha value is -2.64. The molecule has 0 radical (unpaired) electrons. The van der Waals surface area contributed by atoms with Gasteiger partial charge in [-0.25, -0.2) is 0 Å². The number of rotatable bonds is 7. The van der Waals surface area contributed by atoms with Crippen LogP contribution in [-0.2, 0) is 4.79 Å². The predicted octanol–water partition coefficient (Wildman–Crippen LogP) is 1.61. The maximum atomic E-state index is 11.2. The van der Waals surface area contributed by atoms with Gasteiger partial charge in [0.15, 0.2) is 0 Å². The minimum Gasteiger partial charge on any atom is -0.481 e. The van der Waals surface area contributed by atoms with Crippen molar-refractivity contribution >= 4 is 23.3 Å². The van der Waals surface area contributed by atoms with E-state index in [9.17, 15) is 24.8 Å². The lowest BCUT2D eigenvalue weighted by atomic mass is 9.87. The molecular weight excluding hydrogens is 278 g/mol. The normalized spacial score (nSPS) is 13.2. The number of amides is 1. The molecule has 1 atom stereocenters. The number of carboxylic acid groups (broad SMARTS) is 1. The van der Waals surface area contributed by atoms with Gasteiger partial charge in [0.2, 0.25) is 5.91 Å². The van der Waals surface area contributed by atoms with Crippen molar-refractivity contribution in [3.63, 3.8) is 0 Å². The van der Waals surface area contributed by atoms with Crippen LogP contribution in [0, 0.1) is 15.5 Å². The fourth-order valence-corrected chi connectivity index (χ4v) is 1.63. The Bertz CT molecular complexity index is 587. The number of carbonyl (C=O) groups is 2. The van der Waals surface area contributed by atoms with Crippen molar-refractivity contribution in [2.24, 2.45) is 11.1 Å². The lowest BCUT2D eigenvalue weighted by molar-refractivity contribution is -0.384. The second kappa shape index (κ2) is 6.21. The van der Waals surface area contributed by atoms with Crippen molar-refractivity contribution in [3.8, 4) is 0 Å². The zero-order chi connectivity index (χ0) is 16.2. The fraction of sp³-hybridized carbons (Fsp3) is 0.385. The molecule has 0 aromatic heterocycles. The second-order valence-electron chi connectivity index (χ2n) is 4.93. The maximum absolute atomic E-state index is 11.2. The molecule has 0 saturated carbocycles. The van der Waals surface area contributed by atoms with Gasteiger partial charge >= 0.3 is 5.97 Å². The van der Waals surface area contributed by atoms with Crippen LogP contribution in [0.15, 0.2) is 18.2 Å². The molecule has 0 aliphatic heterocycles. The molecule has 0 aliphatic carbocycles. The summed E-state index contributed by atoms with van der Waals surface area (Å²) in [6.07, 6.45) is 0.346. The Morgan fingerprint density at radius 2 is 2.10 bits per heavy atom. The Kier molecular flexibility index (Phi) is 4.85. The quantitative estimate of drug-likeness (QED) is 0.516. The van der Waals surface area contributed by atoms with Crippen molar-refractivity contribution in [2.45, 2.75) is 20.3 Å². The number of nitrogens with zero attached hydrogens (tertiary/aromatic N) is 1. The number of nitrogens with two attached hydrogens (primary N) is 1. The number of hydrogen-bond acceptors (Lipinski definition) is 5. The van der Waals surface area contributed by atoms with E-state index < -0.39 is 22.2 Å². The average molecular weight is 295 g/mol. The van der Waals surface area contributed by atoms with E-state index in [1.165, 1.54) is 19.1 Å². The zero-order valence-corrected chi connectivity index (χ0v) is 11.8. The molecule has 21 heavy (non-hydrogen) atoms. The van der Waals surface area contributed by atoms with Gasteiger partial charge in [-0.1, -0.05) is 6.92 Å². The van der Waals surface area contributed by atoms with Crippen LogP contribution in [-0.4, -0.2) is 28.5 Å². The topological polar surface area (TPSA) is 136 Å². The van der Waals surface area contributed by atoms with Crippen molar-refractivity contribution < 1.29 is 19.6 Å². The van der Waals surface area contributed by atoms with Crippen LogP contribution in [0.4, 0.5) is 11.4 Å². The molecule has 114 valence electrons. The fourth-order valence-electron chi connectivity index (χ4n) is 1.63. The number of carbonyl (C=O) groups excluding carboxylic acids is 1. The summed E-state index contributed by atoms with van der Waals surface area (Å²) in [5.41, 5.74) is 3.99. The summed E-state index contributed by atoms with van der Waals surface area (Å²) in [4.78, 5) is 32.7. The first-order valence-corrected chi connectivity index (χ1v) is 6.27. The van der Waals surface area contributed by atoms with Crippen LogP contribution in [0.1, 0.15) is 30.6 Å². The molecule has 0 spiro atoms. The number of nitro benzene ring substituents is 1. The summed E-state index contributed by atoms with van der Waals surface area (Å²) in [5.74, 6) is -1.73. The lowest BCUT2D eigenvalue weighted by Crippen LogP contribution is -2.34. The van der Waals surface area contributed by atoms with Gasteiger partial charge in [-0.15, -0.1) is 0 Å². The molecule has 0 fully saturated rings. The molecular formula is C13H17N3O5. The molecule has 1 amide bonds. The molecule has 1 rings (SSSR count). The number of carboxylic acids is 1. The highest BCUT2D eigenvalue weighted by Crippen LogP contribution is 2.28. The van der Waals surface area contributed by atoms with E-state index in [0.717, 1.165) is 6.07 Å². The summed E-state index contributed by atoms with van der Waals surface area (Å²) in [5, 5.41) is 22.9. The Morgan fingerprint density at radius 3 is 2.52 bits per heavy atom. The van der Waals surface area contributed by atoms with E-state index in [-0.39, 0.29) is 23.5 Å². The summed E-state index contributed by atoms with van der Waals surface area (Å²) >= 11 is 0. The van der Waals surface area contributed by atoms with E-state index in [1.807, 2.05) is 0 Å². The number of nitrogens with one attached hydrogen (secondary N) is 1. The molecule has 8 heteroatoms. The van der Waals surface area contributed by atoms with E-state index in [0.29, 0.717) is 6.42 Å². The van der Waals surface area contributed by atoms with Crippen molar-refractivity contribution in [1.82, 2.24) is 0 Å². The van der Waals surface area contributed by atoms with E-state index in [4.69, 9.17) is 5.73 Å². The summed E-state index contributed by atoms with van der Waals surface area (Å²) in [6, 6.07) is 3.66. The SMILES string of the molecule is CCC(C)(CNc1cc(C(N)=O)ccc1[N+](=O)[O-])C(=O)O. The monoisotopic (exact) mass is 295 g/mol. The minimum absolute atomic E-state index is 0.0120. The van der Waals surface area contributed by atoms with E-state index in [1.54, 1.807) is 6.92 Å². The minimum atomic E-state index is -1.07. The molecule has 0 aliphatic rings. The average Bonchev–Trinajstić information content (AvgIpc) is 2.43. The van der Waals surface area contributed by atoms with Crippen LogP contribution < -0.4 is 11.1 Å². The summed E-state index contributed by atoms with van der Waals surface area (Å²) in [6.45, 7) is 3.23. The van der Waals surface area contributed by atoms with Crippen LogP contribution in [0.5, 0.6) is 0 Å². The first kappa shape index (κ1) is 16.4. The Labute approximate surface area is 121 Å². The smallest absolute Gasteiger partial charge is 0.311 e. The number of aliphatic carboxylic acids is 1. The third-order valence-electron chi connectivity index (χ3n) is 3.44. The third-order valence-corrected chi connectivity index (χ3v) is 3.44. The Morgan fingerprint density at radius 1 is 1.48 bits per heavy atom. The van der Waals surface area contributed by atoms with Crippen LogP contribution in [0.25, 0.3) is 0 Å². The van der Waals surface area contributed by atoms with Gasteiger partial charge in [-0.2, -0.15) is 0 Å². The molecule has 8 nitrogen and oxygen atoms in total. The van der Waals surface area contributed by atoms with Crippen LogP contribution in [0.3, 0.4) is 0 Å².